The van der Waals surface area contributed by atoms with Crippen LogP contribution < -0.4 is 5.32 Å². The molecule has 132 valence electrons. The van der Waals surface area contributed by atoms with Crippen LogP contribution in [0.25, 0.3) is 6.08 Å². The number of thiocarbonyl (C=S) groups is 1. The summed E-state index contributed by atoms with van der Waals surface area (Å²) >= 11 is 6.23. The number of hydrogen-bond acceptors (Lipinski definition) is 5. The molecular weight excluding hydrogens is 375 g/mol. The number of phenolic OH excluding ortho intramolecular Hbond substituents is 1. The van der Waals surface area contributed by atoms with Crippen molar-refractivity contribution >= 4 is 51.9 Å². The van der Waals surface area contributed by atoms with Gasteiger partial charge in [0.1, 0.15) is 22.4 Å². The average Bonchev–Trinajstić information content (AvgIpc) is 2.82. The standard InChI is InChI=1S/C18H13FN2O3S2/c19-12-4-1-3-11(7-12)8-15-17(24)21(18(25)26-15)10-16(23)20-13-5-2-6-14(22)9-13/h1-9,22H,10H2,(H,20,23)/b15-8-. The van der Waals surface area contributed by atoms with Crippen LogP contribution in [-0.4, -0.2) is 32.7 Å². The summed E-state index contributed by atoms with van der Waals surface area (Å²) in [5.74, 6) is -1.24. The maximum absolute atomic E-state index is 13.3. The average molecular weight is 388 g/mol. The number of nitrogens with one attached hydrogen (secondary N) is 1. The molecule has 0 unspecified atom stereocenters. The van der Waals surface area contributed by atoms with Crippen molar-refractivity contribution in [2.45, 2.75) is 0 Å². The Kier molecular flexibility index (Phi) is 5.34. The molecule has 2 amide bonds. The minimum absolute atomic E-state index is 0.0199. The second kappa shape index (κ2) is 7.67. The molecule has 1 fully saturated rings. The number of halogens is 1. The summed E-state index contributed by atoms with van der Waals surface area (Å²) in [5.41, 5.74) is 0.949. The first kappa shape index (κ1) is 18.1. The summed E-state index contributed by atoms with van der Waals surface area (Å²) in [6, 6.07) is 11.9. The van der Waals surface area contributed by atoms with Gasteiger partial charge in [-0.1, -0.05) is 42.2 Å². The van der Waals surface area contributed by atoms with Crippen molar-refractivity contribution in [3.8, 4) is 5.75 Å². The second-order valence-electron chi connectivity index (χ2n) is 5.42. The highest BCUT2D eigenvalue weighted by Crippen LogP contribution is 2.32. The predicted molar refractivity (Wildman–Crippen MR) is 103 cm³/mol. The van der Waals surface area contributed by atoms with Crippen molar-refractivity contribution < 1.29 is 19.1 Å². The van der Waals surface area contributed by atoms with Gasteiger partial charge < -0.3 is 10.4 Å². The third-order valence-corrected chi connectivity index (χ3v) is 4.83. The van der Waals surface area contributed by atoms with Gasteiger partial charge in [0, 0.05) is 11.8 Å². The zero-order valence-electron chi connectivity index (χ0n) is 13.3. The lowest BCUT2D eigenvalue weighted by molar-refractivity contribution is -0.126. The number of nitrogens with zero attached hydrogens (tertiary/aromatic N) is 1. The molecule has 0 spiro atoms. The Hall–Kier alpha value is -2.71. The van der Waals surface area contributed by atoms with Gasteiger partial charge in [0.05, 0.1) is 4.91 Å². The lowest BCUT2D eigenvalue weighted by Gasteiger charge is -2.14. The van der Waals surface area contributed by atoms with Crippen LogP contribution >= 0.6 is 24.0 Å². The van der Waals surface area contributed by atoms with Crippen LogP contribution in [0.5, 0.6) is 5.75 Å². The van der Waals surface area contributed by atoms with Gasteiger partial charge >= 0.3 is 0 Å². The quantitative estimate of drug-likeness (QED) is 0.621. The molecule has 2 N–H and O–H groups in total. The Morgan fingerprint density at radius 2 is 2.04 bits per heavy atom. The number of anilines is 1. The van der Waals surface area contributed by atoms with Gasteiger partial charge in [0.25, 0.3) is 5.91 Å². The fraction of sp³-hybridized carbons (Fsp3) is 0.0556. The molecule has 0 atom stereocenters. The molecule has 26 heavy (non-hydrogen) atoms. The van der Waals surface area contributed by atoms with E-state index in [9.17, 15) is 19.1 Å². The summed E-state index contributed by atoms with van der Waals surface area (Å²) in [6.07, 6.45) is 1.54. The Labute approximate surface area is 158 Å². The van der Waals surface area contributed by atoms with E-state index in [1.165, 1.54) is 35.2 Å². The maximum Gasteiger partial charge on any atom is 0.266 e. The lowest BCUT2D eigenvalue weighted by Crippen LogP contribution is -2.36. The molecule has 2 aromatic carbocycles. The number of hydrogen-bond donors (Lipinski definition) is 2. The molecule has 8 heteroatoms. The molecule has 0 bridgehead atoms. The molecule has 1 aliphatic rings. The maximum atomic E-state index is 13.3. The molecule has 5 nitrogen and oxygen atoms in total. The minimum Gasteiger partial charge on any atom is -0.508 e. The summed E-state index contributed by atoms with van der Waals surface area (Å²) < 4.78 is 13.5. The van der Waals surface area contributed by atoms with Crippen LogP contribution in [0.3, 0.4) is 0 Å². The first-order chi connectivity index (χ1) is 12.4. The number of rotatable bonds is 4. The van der Waals surface area contributed by atoms with Gasteiger partial charge in [-0.05, 0) is 35.9 Å². The molecule has 1 aliphatic heterocycles. The Morgan fingerprint density at radius 1 is 1.27 bits per heavy atom. The van der Waals surface area contributed by atoms with Crippen LogP contribution in [0.2, 0.25) is 0 Å². The highest BCUT2D eigenvalue weighted by atomic mass is 32.2. The second-order valence-corrected chi connectivity index (χ2v) is 7.10. The smallest absolute Gasteiger partial charge is 0.266 e. The van der Waals surface area contributed by atoms with Crippen LogP contribution in [0, 0.1) is 5.82 Å². The van der Waals surface area contributed by atoms with Crippen LogP contribution in [0.1, 0.15) is 5.56 Å². The molecule has 1 saturated heterocycles. The van der Waals surface area contributed by atoms with Crippen LogP contribution in [-0.2, 0) is 9.59 Å². The number of aromatic hydroxyl groups is 1. The highest BCUT2D eigenvalue weighted by molar-refractivity contribution is 8.26. The Bertz CT molecular complexity index is 930. The van der Waals surface area contributed by atoms with Gasteiger partial charge in [-0.25, -0.2) is 4.39 Å². The van der Waals surface area contributed by atoms with E-state index in [-0.39, 0.29) is 16.6 Å². The third kappa shape index (κ3) is 4.27. The largest absolute Gasteiger partial charge is 0.508 e. The normalized spacial score (nSPS) is 15.6. The van der Waals surface area contributed by atoms with E-state index < -0.39 is 17.6 Å². The highest BCUT2D eigenvalue weighted by Gasteiger charge is 2.33. The van der Waals surface area contributed by atoms with E-state index in [0.29, 0.717) is 16.2 Å². The minimum atomic E-state index is -0.445. The monoisotopic (exact) mass is 388 g/mol. The zero-order chi connectivity index (χ0) is 18.7. The van der Waals surface area contributed by atoms with Crippen molar-refractivity contribution in [1.29, 1.82) is 0 Å². The van der Waals surface area contributed by atoms with E-state index in [0.717, 1.165) is 11.8 Å². The SMILES string of the molecule is O=C(CN1C(=O)/C(=C/c2cccc(F)c2)SC1=S)Nc1cccc(O)c1. The molecule has 0 aromatic heterocycles. The topological polar surface area (TPSA) is 69.6 Å². The van der Waals surface area contributed by atoms with E-state index in [1.807, 2.05) is 0 Å². The van der Waals surface area contributed by atoms with E-state index in [4.69, 9.17) is 12.2 Å². The van der Waals surface area contributed by atoms with Gasteiger partial charge in [-0.3, -0.25) is 14.5 Å². The molecule has 2 aromatic rings. The van der Waals surface area contributed by atoms with Gasteiger partial charge in [0.15, 0.2) is 0 Å². The van der Waals surface area contributed by atoms with Gasteiger partial charge in [-0.2, -0.15) is 0 Å². The molecular formula is C18H13FN2O3S2. The fourth-order valence-corrected chi connectivity index (χ4v) is 3.57. The predicted octanol–water partition coefficient (Wildman–Crippen LogP) is 3.37. The van der Waals surface area contributed by atoms with E-state index in [2.05, 4.69) is 5.32 Å². The molecule has 0 radical (unpaired) electrons. The number of phenols is 1. The van der Waals surface area contributed by atoms with Gasteiger partial charge in [0.2, 0.25) is 5.91 Å². The fourth-order valence-electron chi connectivity index (χ4n) is 2.31. The molecule has 3 rings (SSSR count). The number of amides is 2. The van der Waals surface area contributed by atoms with Crippen LogP contribution in [0.4, 0.5) is 10.1 Å². The zero-order valence-corrected chi connectivity index (χ0v) is 14.9. The Morgan fingerprint density at radius 3 is 2.77 bits per heavy atom. The van der Waals surface area contributed by atoms with Crippen molar-refractivity contribution in [3.63, 3.8) is 0 Å². The molecule has 0 aliphatic carbocycles. The van der Waals surface area contributed by atoms with Crippen LogP contribution in [0.15, 0.2) is 53.4 Å². The summed E-state index contributed by atoms with van der Waals surface area (Å²) in [6.45, 7) is -0.249. The third-order valence-electron chi connectivity index (χ3n) is 3.45. The summed E-state index contributed by atoms with van der Waals surface area (Å²) in [4.78, 5) is 26.1. The van der Waals surface area contributed by atoms with E-state index >= 15 is 0 Å². The van der Waals surface area contributed by atoms with Crippen molar-refractivity contribution in [2.24, 2.45) is 0 Å². The van der Waals surface area contributed by atoms with Crippen molar-refractivity contribution in [2.75, 3.05) is 11.9 Å². The first-order valence-electron chi connectivity index (χ1n) is 7.52. The number of thioether (sulfide) groups is 1. The van der Waals surface area contributed by atoms with Crippen molar-refractivity contribution in [1.82, 2.24) is 4.90 Å². The number of carbonyl (C=O) groups is 2. The van der Waals surface area contributed by atoms with E-state index in [1.54, 1.807) is 24.3 Å². The molecule has 1 heterocycles. The van der Waals surface area contributed by atoms with Gasteiger partial charge in [-0.15, -0.1) is 0 Å². The van der Waals surface area contributed by atoms with Crippen molar-refractivity contribution in [3.05, 3.63) is 64.8 Å². The lowest BCUT2D eigenvalue weighted by atomic mass is 10.2. The summed E-state index contributed by atoms with van der Waals surface area (Å²) in [5, 5.41) is 12.0. The molecule has 0 saturated carbocycles. The number of benzene rings is 2. The first-order valence-corrected chi connectivity index (χ1v) is 8.75. The Balaban J connectivity index is 1.70. The summed E-state index contributed by atoms with van der Waals surface area (Å²) in [7, 11) is 0. The number of carbonyl (C=O) groups excluding carboxylic acids is 2.